The van der Waals surface area contributed by atoms with Crippen LogP contribution < -0.4 is 16.0 Å². The van der Waals surface area contributed by atoms with Crippen LogP contribution in [0.3, 0.4) is 0 Å². The second-order valence-corrected chi connectivity index (χ2v) is 7.62. The zero-order valence-corrected chi connectivity index (χ0v) is 18.7. The molecule has 0 saturated heterocycles. The van der Waals surface area contributed by atoms with E-state index < -0.39 is 5.97 Å². The number of carboxylic acid groups (broad SMARTS) is 1. The molecule has 1 heterocycles. The summed E-state index contributed by atoms with van der Waals surface area (Å²) < 4.78 is 0. The summed E-state index contributed by atoms with van der Waals surface area (Å²) in [6, 6.07) is 16.7. The number of carboxylic acids is 1. The first kappa shape index (κ1) is 23.7. The van der Waals surface area contributed by atoms with Gasteiger partial charge in [-0.2, -0.15) is 0 Å². The highest BCUT2D eigenvalue weighted by Gasteiger charge is 2.14. The van der Waals surface area contributed by atoms with E-state index in [1.54, 1.807) is 24.3 Å². The van der Waals surface area contributed by atoms with Crippen LogP contribution in [0.15, 0.2) is 60.9 Å². The van der Waals surface area contributed by atoms with E-state index in [2.05, 4.69) is 38.1 Å². The monoisotopic (exact) mass is 447 g/mol. The van der Waals surface area contributed by atoms with E-state index in [9.17, 15) is 9.59 Å². The van der Waals surface area contributed by atoms with Crippen LogP contribution >= 0.6 is 0 Å². The van der Waals surface area contributed by atoms with Crippen molar-refractivity contribution in [3.05, 3.63) is 77.6 Å². The SMILES string of the molecule is CCCCC(=O)Nc1c(NCCc2ccccc2)ncnc1NCc1ccc(C(=O)O)cc1. The number of nitrogens with one attached hydrogen (secondary N) is 3. The van der Waals surface area contributed by atoms with Gasteiger partial charge in [-0.15, -0.1) is 0 Å². The van der Waals surface area contributed by atoms with Gasteiger partial charge in [-0.25, -0.2) is 14.8 Å². The summed E-state index contributed by atoms with van der Waals surface area (Å²) in [5.41, 5.74) is 2.83. The van der Waals surface area contributed by atoms with Crippen molar-refractivity contribution in [1.82, 2.24) is 9.97 Å². The van der Waals surface area contributed by atoms with Crippen molar-refractivity contribution in [1.29, 1.82) is 0 Å². The molecule has 0 bridgehead atoms. The number of hydrogen-bond acceptors (Lipinski definition) is 6. The highest BCUT2D eigenvalue weighted by atomic mass is 16.4. The summed E-state index contributed by atoms with van der Waals surface area (Å²) in [6.45, 7) is 3.10. The van der Waals surface area contributed by atoms with Crippen molar-refractivity contribution in [2.24, 2.45) is 0 Å². The molecule has 0 atom stereocenters. The van der Waals surface area contributed by atoms with Crippen LogP contribution in [0.5, 0.6) is 0 Å². The fourth-order valence-corrected chi connectivity index (χ4v) is 3.23. The number of benzene rings is 2. The van der Waals surface area contributed by atoms with Gasteiger partial charge in [0.25, 0.3) is 0 Å². The van der Waals surface area contributed by atoms with Crippen molar-refractivity contribution in [2.75, 3.05) is 22.5 Å². The first-order valence-electron chi connectivity index (χ1n) is 11.1. The summed E-state index contributed by atoms with van der Waals surface area (Å²) in [7, 11) is 0. The van der Waals surface area contributed by atoms with Crippen molar-refractivity contribution in [2.45, 2.75) is 39.2 Å². The number of hydrogen-bond donors (Lipinski definition) is 4. The van der Waals surface area contributed by atoms with Gasteiger partial charge in [-0.1, -0.05) is 55.8 Å². The van der Waals surface area contributed by atoms with Crippen molar-refractivity contribution in [3.8, 4) is 0 Å². The molecule has 3 aromatic rings. The first-order chi connectivity index (χ1) is 16.1. The molecule has 0 aliphatic carbocycles. The Balaban J connectivity index is 1.73. The van der Waals surface area contributed by atoms with Gasteiger partial charge in [0, 0.05) is 19.5 Å². The van der Waals surface area contributed by atoms with Gasteiger partial charge in [0.1, 0.15) is 12.0 Å². The maximum Gasteiger partial charge on any atom is 0.335 e. The second kappa shape index (κ2) is 12.2. The molecule has 1 amide bonds. The molecule has 172 valence electrons. The molecule has 0 spiro atoms. The number of carbonyl (C=O) groups is 2. The minimum Gasteiger partial charge on any atom is -0.478 e. The van der Waals surface area contributed by atoms with E-state index in [4.69, 9.17) is 5.11 Å². The smallest absolute Gasteiger partial charge is 0.335 e. The van der Waals surface area contributed by atoms with Gasteiger partial charge < -0.3 is 21.1 Å². The van der Waals surface area contributed by atoms with Crippen molar-refractivity contribution in [3.63, 3.8) is 0 Å². The zero-order chi connectivity index (χ0) is 23.5. The minimum atomic E-state index is -0.964. The molecule has 0 aliphatic rings. The lowest BCUT2D eigenvalue weighted by Gasteiger charge is -2.16. The highest BCUT2D eigenvalue weighted by Crippen LogP contribution is 2.27. The summed E-state index contributed by atoms with van der Waals surface area (Å²) in [5, 5.41) is 18.6. The Morgan fingerprint density at radius 1 is 0.909 bits per heavy atom. The van der Waals surface area contributed by atoms with Gasteiger partial charge in [-0.3, -0.25) is 4.79 Å². The van der Waals surface area contributed by atoms with Crippen LogP contribution in [-0.2, 0) is 17.8 Å². The van der Waals surface area contributed by atoms with E-state index >= 15 is 0 Å². The number of aromatic carboxylic acids is 1. The number of anilines is 3. The van der Waals surface area contributed by atoms with Gasteiger partial charge in [-0.05, 0) is 36.1 Å². The van der Waals surface area contributed by atoms with Crippen LogP contribution in [0.25, 0.3) is 0 Å². The number of nitrogens with zero attached hydrogens (tertiary/aromatic N) is 2. The quantitative estimate of drug-likeness (QED) is 0.321. The molecule has 0 unspecified atom stereocenters. The fraction of sp³-hybridized carbons (Fsp3) is 0.280. The molecule has 0 saturated carbocycles. The molecule has 8 heteroatoms. The molecule has 0 fully saturated rings. The van der Waals surface area contributed by atoms with Crippen LogP contribution in [0.1, 0.15) is 47.7 Å². The topological polar surface area (TPSA) is 116 Å². The average Bonchev–Trinajstić information content (AvgIpc) is 2.83. The van der Waals surface area contributed by atoms with Crippen LogP contribution in [0, 0.1) is 0 Å². The highest BCUT2D eigenvalue weighted by molar-refractivity contribution is 5.97. The van der Waals surface area contributed by atoms with E-state index in [0.29, 0.717) is 36.8 Å². The molecule has 8 nitrogen and oxygen atoms in total. The average molecular weight is 448 g/mol. The van der Waals surface area contributed by atoms with E-state index in [-0.39, 0.29) is 11.5 Å². The predicted octanol–water partition coefficient (Wildman–Crippen LogP) is 4.57. The molecule has 1 aromatic heterocycles. The summed E-state index contributed by atoms with van der Waals surface area (Å²) >= 11 is 0. The third kappa shape index (κ3) is 7.31. The maximum absolute atomic E-state index is 12.5. The van der Waals surface area contributed by atoms with Gasteiger partial charge >= 0.3 is 5.97 Å². The molecular formula is C25H29N5O3. The number of unbranched alkanes of at least 4 members (excludes halogenated alkanes) is 1. The number of rotatable bonds is 12. The lowest BCUT2D eigenvalue weighted by Crippen LogP contribution is -2.17. The Kier molecular flexibility index (Phi) is 8.76. The Morgan fingerprint density at radius 2 is 1.61 bits per heavy atom. The second-order valence-electron chi connectivity index (χ2n) is 7.62. The molecule has 0 radical (unpaired) electrons. The summed E-state index contributed by atoms with van der Waals surface area (Å²) in [6.07, 6.45) is 4.41. The number of carbonyl (C=O) groups excluding carboxylic acids is 1. The summed E-state index contributed by atoms with van der Waals surface area (Å²) in [5.74, 6) is -0.00546. The number of amides is 1. The van der Waals surface area contributed by atoms with Gasteiger partial charge in [0.2, 0.25) is 5.91 Å². The van der Waals surface area contributed by atoms with Crippen LogP contribution in [-0.4, -0.2) is 33.5 Å². The Labute approximate surface area is 193 Å². The van der Waals surface area contributed by atoms with Gasteiger partial charge in [0.15, 0.2) is 11.6 Å². The molecular weight excluding hydrogens is 418 g/mol. The van der Waals surface area contributed by atoms with E-state index in [0.717, 1.165) is 24.8 Å². The fourth-order valence-electron chi connectivity index (χ4n) is 3.23. The van der Waals surface area contributed by atoms with Crippen LogP contribution in [0.2, 0.25) is 0 Å². The lowest BCUT2D eigenvalue weighted by molar-refractivity contribution is -0.116. The zero-order valence-electron chi connectivity index (χ0n) is 18.7. The minimum absolute atomic E-state index is 0.0911. The number of aromatic nitrogens is 2. The predicted molar refractivity (Wildman–Crippen MR) is 130 cm³/mol. The Bertz CT molecular complexity index is 1060. The van der Waals surface area contributed by atoms with Crippen molar-refractivity contribution >= 4 is 29.2 Å². The first-order valence-corrected chi connectivity index (χ1v) is 11.1. The molecule has 4 N–H and O–H groups in total. The third-order valence-corrected chi connectivity index (χ3v) is 5.08. The third-order valence-electron chi connectivity index (χ3n) is 5.08. The van der Waals surface area contributed by atoms with E-state index in [1.807, 2.05) is 25.1 Å². The van der Waals surface area contributed by atoms with Crippen molar-refractivity contribution < 1.29 is 14.7 Å². The van der Waals surface area contributed by atoms with Gasteiger partial charge in [0.05, 0.1) is 5.56 Å². The summed E-state index contributed by atoms with van der Waals surface area (Å²) in [4.78, 5) is 32.2. The molecule has 2 aromatic carbocycles. The molecule has 0 aliphatic heterocycles. The standard InChI is InChI=1S/C25H29N5O3/c1-2-3-9-21(31)30-22-23(26-15-14-18-7-5-4-6-8-18)28-17-29-24(22)27-16-19-10-12-20(13-11-19)25(32)33/h4-8,10-13,17H,2-3,9,14-16H2,1H3,(H,30,31)(H,32,33)(H2,26,27,28,29). The Hall–Kier alpha value is -3.94. The van der Waals surface area contributed by atoms with Crippen LogP contribution in [0.4, 0.5) is 17.3 Å². The maximum atomic E-state index is 12.5. The Morgan fingerprint density at radius 3 is 2.27 bits per heavy atom. The molecule has 33 heavy (non-hydrogen) atoms. The normalized spacial score (nSPS) is 10.5. The molecule has 3 rings (SSSR count). The van der Waals surface area contributed by atoms with E-state index in [1.165, 1.54) is 11.9 Å². The lowest BCUT2D eigenvalue weighted by atomic mass is 10.1. The largest absolute Gasteiger partial charge is 0.478 e.